The Morgan fingerprint density at radius 3 is 2.73 bits per heavy atom. The molecule has 0 atom stereocenters. The molecule has 2 aromatic rings. The summed E-state index contributed by atoms with van der Waals surface area (Å²) in [4.78, 5) is 27.8. The molecule has 8 heteroatoms. The van der Waals surface area contributed by atoms with E-state index < -0.39 is 5.91 Å². The third-order valence-electron chi connectivity index (χ3n) is 2.58. The number of rotatable bonds is 7. The van der Waals surface area contributed by atoms with Crippen LogP contribution in [0.15, 0.2) is 34.5 Å². The van der Waals surface area contributed by atoms with E-state index in [0.717, 1.165) is 10.6 Å². The monoisotopic (exact) mass is 337 g/mol. The number of thiazole rings is 1. The van der Waals surface area contributed by atoms with Gasteiger partial charge < -0.3 is 15.8 Å². The number of carbonyl (C=O) groups is 2. The molecule has 2 amide bonds. The van der Waals surface area contributed by atoms with E-state index >= 15 is 0 Å². The van der Waals surface area contributed by atoms with Crippen molar-refractivity contribution < 1.29 is 14.3 Å². The second kappa shape index (κ2) is 7.81. The Bertz CT molecular complexity index is 656. The molecule has 1 heterocycles. The molecular weight excluding hydrogens is 322 g/mol. The second-order valence-corrected chi connectivity index (χ2v) is 6.21. The minimum Gasteiger partial charge on any atom is -0.497 e. The molecule has 0 saturated heterocycles. The maximum atomic E-state index is 11.9. The van der Waals surface area contributed by atoms with Gasteiger partial charge in [0.15, 0.2) is 5.13 Å². The largest absolute Gasteiger partial charge is 0.497 e. The molecule has 1 aromatic heterocycles. The number of thioether (sulfide) groups is 1. The zero-order chi connectivity index (χ0) is 15.9. The lowest BCUT2D eigenvalue weighted by Crippen LogP contribution is -2.15. The summed E-state index contributed by atoms with van der Waals surface area (Å²) in [5.74, 6) is 0.453. The molecule has 0 fully saturated rings. The topological polar surface area (TPSA) is 94.3 Å². The smallest absolute Gasteiger partial charge is 0.236 e. The van der Waals surface area contributed by atoms with Crippen LogP contribution in [-0.4, -0.2) is 29.7 Å². The second-order valence-electron chi connectivity index (χ2n) is 4.30. The summed E-state index contributed by atoms with van der Waals surface area (Å²) in [6.45, 7) is 0. The Hall–Kier alpha value is -2.06. The van der Waals surface area contributed by atoms with E-state index in [9.17, 15) is 9.59 Å². The van der Waals surface area contributed by atoms with Gasteiger partial charge in [-0.25, -0.2) is 4.98 Å². The van der Waals surface area contributed by atoms with Crippen molar-refractivity contribution in [3.63, 3.8) is 0 Å². The van der Waals surface area contributed by atoms with E-state index in [1.165, 1.54) is 23.1 Å². The van der Waals surface area contributed by atoms with Crippen molar-refractivity contribution in [1.82, 2.24) is 4.98 Å². The van der Waals surface area contributed by atoms with Crippen LogP contribution in [0.25, 0.3) is 0 Å². The lowest BCUT2D eigenvalue weighted by atomic mass is 10.3. The van der Waals surface area contributed by atoms with Gasteiger partial charge in [0.05, 0.1) is 25.0 Å². The highest BCUT2D eigenvalue weighted by molar-refractivity contribution is 8.00. The van der Waals surface area contributed by atoms with Gasteiger partial charge in [-0.05, 0) is 24.3 Å². The standard InChI is InChI=1S/C14H15N3O3S2/c1-20-10-2-4-11(5-3-10)21-8-13(19)17-14-16-9(7-22-14)6-12(15)18/h2-5,7H,6,8H2,1H3,(H2,15,18)(H,16,17,19). The van der Waals surface area contributed by atoms with Gasteiger partial charge >= 0.3 is 0 Å². The first-order valence-electron chi connectivity index (χ1n) is 6.36. The van der Waals surface area contributed by atoms with Crippen LogP contribution in [0.2, 0.25) is 0 Å². The van der Waals surface area contributed by atoms with Crippen molar-refractivity contribution in [1.29, 1.82) is 0 Å². The molecule has 22 heavy (non-hydrogen) atoms. The maximum Gasteiger partial charge on any atom is 0.236 e. The average molecular weight is 337 g/mol. The van der Waals surface area contributed by atoms with E-state index in [2.05, 4.69) is 10.3 Å². The van der Waals surface area contributed by atoms with Gasteiger partial charge in [-0.2, -0.15) is 0 Å². The number of carbonyl (C=O) groups excluding carboxylic acids is 2. The van der Waals surface area contributed by atoms with Crippen LogP contribution in [0.4, 0.5) is 5.13 Å². The number of hydrogen-bond acceptors (Lipinski definition) is 6. The number of amides is 2. The van der Waals surface area contributed by atoms with Crippen LogP contribution in [0.3, 0.4) is 0 Å². The SMILES string of the molecule is COc1ccc(SCC(=O)Nc2nc(CC(N)=O)cs2)cc1. The maximum absolute atomic E-state index is 11.9. The van der Waals surface area contributed by atoms with Crippen molar-refractivity contribution >= 4 is 40.0 Å². The fourth-order valence-electron chi connectivity index (χ4n) is 1.60. The molecule has 0 unspecified atom stereocenters. The molecule has 0 aliphatic rings. The lowest BCUT2D eigenvalue weighted by Gasteiger charge is -2.03. The van der Waals surface area contributed by atoms with E-state index in [4.69, 9.17) is 10.5 Å². The molecule has 2 rings (SSSR count). The highest BCUT2D eigenvalue weighted by Crippen LogP contribution is 2.22. The Morgan fingerprint density at radius 2 is 2.09 bits per heavy atom. The van der Waals surface area contributed by atoms with Gasteiger partial charge in [0.25, 0.3) is 0 Å². The Balaban J connectivity index is 1.82. The van der Waals surface area contributed by atoms with E-state index in [1.54, 1.807) is 12.5 Å². The van der Waals surface area contributed by atoms with Gasteiger partial charge in [-0.15, -0.1) is 23.1 Å². The van der Waals surface area contributed by atoms with E-state index in [-0.39, 0.29) is 18.1 Å². The van der Waals surface area contributed by atoms with Gasteiger partial charge in [-0.1, -0.05) is 0 Å². The number of nitrogens with one attached hydrogen (secondary N) is 1. The van der Waals surface area contributed by atoms with Crippen LogP contribution >= 0.6 is 23.1 Å². The predicted molar refractivity (Wildman–Crippen MR) is 87.4 cm³/mol. The number of aromatic nitrogens is 1. The first kappa shape index (κ1) is 16.3. The Morgan fingerprint density at radius 1 is 1.36 bits per heavy atom. The number of benzene rings is 1. The average Bonchev–Trinajstić information content (AvgIpc) is 2.92. The number of ether oxygens (including phenoxy) is 1. The van der Waals surface area contributed by atoms with Crippen LogP contribution in [0.1, 0.15) is 5.69 Å². The highest BCUT2D eigenvalue weighted by Gasteiger charge is 2.09. The van der Waals surface area contributed by atoms with E-state index in [1.807, 2.05) is 24.3 Å². The van der Waals surface area contributed by atoms with Crippen LogP contribution in [0, 0.1) is 0 Å². The van der Waals surface area contributed by atoms with Crippen LogP contribution < -0.4 is 15.8 Å². The fourth-order valence-corrected chi connectivity index (χ4v) is 3.03. The van der Waals surface area contributed by atoms with Crippen molar-refractivity contribution in [3.05, 3.63) is 35.3 Å². The molecule has 0 saturated carbocycles. The van der Waals surface area contributed by atoms with Gasteiger partial charge in [0.2, 0.25) is 11.8 Å². The zero-order valence-electron chi connectivity index (χ0n) is 11.9. The van der Waals surface area contributed by atoms with Crippen LogP contribution in [-0.2, 0) is 16.0 Å². The first-order valence-corrected chi connectivity index (χ1v) is 8.23. The molecule has 0 aliphatic heterocycles. The zero-order valence-corrected chi connectivity index (χ0v) is 13.5. The third kappa shape index (κ3) is 5.05. The summed E-state index contributed by atoms with van der Waals surface area (Å²) < 4.78 is 5.08. The van der Waals surface area contributed by atoms with Gasteiger partial charge in [0, 0.05) is 10.3 Å². The molecule has 3 N–H and O–H groups in total. The van der Waals surface area contributed by atoms with E-state index in [0.29, 0.717) is 10.8 Å². The van der Waals surface area contributed by atoms with Gasteiger partial charge in [-0.3, -0.25) is 9.59 Å². The van der Waals surface area contributed by atoms with Crippen molar-refractivity contribution in [2.75, 3.05) is 18.2 Å². The number of nitrogens with two attached hydrogens (primary N) is 1. The van der Waals surface area contributed by atoms with Gasteiger partial charge in [0.1, 0.15) is 5.75 Å². The molecule has 1 aromatic carbocycles. The lowest BCUT2D eigenvalue weighted by molar-refractivity contribution is -0.117. The summed E-state index contributed by atoms with van der Waals surface area (Å²) in [6.07, 6.45) is 0.0764. The molecule has 0 radical (unpaired) electrons. The first-order chi connectivity index (χ1) is 10.6. The number of hydrogen-bond donors (Lipinski definition) is 2. The number of nitrogens with zero attached hydrogens (tertiary/aromatic N) is 1. The summed E-state index contributed by atoms with van der Waals surface area (Å²) >= 11 is 2.69. The normalized spacial score (nSPS) is 10.2. The number of anilines is 1. The number of methoxy groups -OCH3 is 1. The summed E-state index contributed by atoms with van der Waals surface area (Å²) in [7, 11) is 1.61. The highest BCUT2D eigenvalue weighted by atomic mass is 32.2. The van der Waals surface area contributed by atoms with Crippen molar-refractivity contribution in [2.45, 2.75) is 11.3 Å². The summed E-state index contributed by atoms with van der Waals surface area (Å²) in [5, 5.41) is 4.87. The minimum atomic E-state index is -0.446. The van der Waals surface area contributed by atoms with Crippen molar-refractivity contribution in [3.8, 4) is 5.75 Å². The number of primary amides is 1. The molecule has 116 valence electrons. The molecule has 0 aliphatic carbocycles. The Labute approximate surface area is 136 Å². The minimum absolute atomic E-state index is 0.0764. The predicted octanol–water partition coefficient (Wildman–Crippen LogP) is 1.91. The summed E-state index contributed by atoms with van der Waals surface area (Å²) in [5.41, 5.74) is 5.66. The Kier molecular flexibility index (Phi) is 5.79. The van der Waals surface area contributed by atoms with Crippen LogP contribution in [0.5, 0.6) is 5.75 Å². The quantitative estimate of drug-likeness (QED) is 0.753. The van der Waals surface area contributed by atoms with Crippen molar-refractivity contribution in [2.24, 2.45) is 5.73 Å². The molecular formula is C14H15N3O3S2. The molecule has 0 bridgehead atoms. The fraction of sp³-hybridized carbons (Fsp3) is 0.214. The summed E-state index contributed by atoms with van der Waals surface area (Å²) in [6, 6.07) is 7.48. The third-order valence-corrected chi connectivity index (χ3v) is 4.40. The molecule has 0 spiro atoms. The molecule has 6 nitrogen and oxygen atoms in total.